The molecular formula is C11H9ClN2OS. The van der Waals surface area contributed by atoms with Crippen LogP contribution < -0.4 is 0 Å². The van der Waals surface area contributed by atoms with Crippen LogP contribution in [0.1, 0.15) is 16.9 Å². The standard InChI is InChI=1S/C11H9ClN2OS/c12-10(15)6-1-2-7-8-4-13-5-14-11(8)16-9(7)3-6/h4-6H,1-3H2. The molecule has 0 saturated heterocycles. The summed E-state index contributed by atoms with van der Waals surface area (Å²) >= 11 is 7.22. The van der Waals surface area contributed by atoms with Gasteiger partial charge < -0.3 is 0 Å². The van der Waals surface area contributed by atoms with E-state index in [0.29, 0.717) is 0 Å². The minimum atomic E-state index is -0.214. The predicted octanol–water partition coefficient (Wildman–Crippen LogP) is 2.56. The number of fused-ring (bicyclic) bond motifs is 3. The van der Waals surface area contributed by atoms with Crippen LogP contribution in [0.2, 0.25) is 0 Å². The van der Waals surface area contributed by atoms with Gasteiger partial charge in [-0.25, -0.2) is 9.97 Å². The van der Waals surface area contributed by atoms with Crippen LogP contribution in [0.3, 0.4) is 0 Å². The molecule has 1 unspecified atom stereocenters. The van der Waals surface area contributed by atoms with Crippen molar-refractivity contribution in [1.29, 1.82) is 0 Å². The molecular weight excluding hydrogens is 244 g/mol. The lowest BCUT2D eigenvalue weighted by Crippen LogP contribution is -2.17. The van der Waals surface area contributed by atoms with E-state index >= 15 is 0 Å². The second-order valence-corrected chi connectivity index (χ2v) is 5.45. The molecule has 0 radical (unpaired) electrons. The Labute approximate surface area is 101 Å². The molecule has 0 aromatic carbocycles. The van der Waals surface area contributed by atoms with Gasteiger partial charge in [0.15, 0.2) is 0 Å². The zero-order chi connectivity index (χ0) is 11.1. The largest absolute Gasteiger partial charge is 0.281 e. The molecule has 0 saturated carbocycles. The van der Waals surface area contributed by atoms with Crippen LogP contribution in [0.15, 0.2) is 12.5 Å². The molecule has 0 N–H and O–H groups in total. The molecule has 1 aliphatic carbocycles. The Morgan fingerprint density at radius 3 is 3.25 bits per heavy atom. The van der Waals surface area contributed by atoms with Crippen molar-refractivity contribution in [3.63, 3.8) is 0 Å². The number of thiophene rings is 1. The Balaban J connectivity index is 2.09. The van der Waals surface area contributed by atoms with Gasteiger partial charge in [0.1, 0.15) is 11.2 Å². The summed E-state index contributed by atoms with van der Waals surface area (Å²) in [7, 11) is 0. The summed E-state index contributed by atoms with van der Waals surface area (Å²) in [5.74, 6) is -0.0183. The Bertz CT molecular complexity index is 566. The Kier molecular flexibility index (Phi) is 2.41. The Morgan fingerprint density at radius 1 is 1.56 bits per heavy atom. The molecule has 3 nitrogen and oxygen atoms in total. The molecule has 0 amide bonds. The number of aromatic nitrogens is 2. The number of halogens is 1. The highest BCUT2D eigenvalue weighted by molar-refractivity contribution is 7.18. The molecule has 3 rings (SSSR count). The molecule has 2 aromatic heterocycles. The number of hydrogen-bond donors (Lipinski definition) is 0. The Hall–Kier alpha value is -1.00. The van der Waals surface area contributed by atoms with Crippen LogP contribution in [0.4, 0.5) is 0 Å². The zero-order valence-electron chi connectivity index (χ0n) is 8.44. The average Bonchev–Trinajstić information content (AvgIpc) is 2.66. The number of aryl methyl sites for hydroxylation is 1. The lowest BCUT2D eigenvalue weighted by molar-refractivity contribution is -0.115. The molecule has 0 bridgehead atoms. The van der Waals surface area contributed by atoms with Gasteiger partial charge in [0.25, 0.3) is 0 Å². The fourth-order valence-electron chi connectivity index (χ4n) is 2.21. The van der Waals surface area contributed by atoms with E-state index in [1.54, 1.807) is 17.7 Å². The van der Waals surface area contributed by atoms with Crippen LogP contribution in [0.5, 0.6) is 0 Å². The van der Waals surface area contributed by atoms with Crippen LogP contribution in [0, 0.1) is 5.92 Å². The summed E-state index contributed by atoms with van der Waals surface area (Å²) in [6, 6.07) is 0. The van der Waals surface area contributed by atoms with E-state index in [0.717, 1.165) is 29.5 Å². The van der Waals surface area contributed by atoms with Crippen LogP contribution >= 0.6 is 22.9 Å². The predicted molar refractivity (Wildman–Crippen MR) is 63.8 cm³/mol. The number of hydrogen-bond acceptors (Lipinski definition) is 4. The van der Waals surface area contributed by atoms with Crippen molar-refractivity contribution in [2.24, 2.45) is 5.92 Å². The lowest BCUT2D eigenvalue weighted by atomic mass is 9.89. The number of rotatable bonds is 1. The minimum absolute atomic E-state index is 0.0183. The second kappa shape index (κ2) is 3.79. The summed E-state index contributed by atoms with van der Waals surface area (Å²) in [5, 5.41) is 0.928. The monoisotopic (exact) mass is 252 g/mol. The number of carbonyl (C=O) groups is 1. The first-order valence-corrected chi connectivity index (χ1v) is 6.34. The molecule has 5 heteroatoms. The highest BCUT2D eigenvalue weighted by Gasteiger charge is 2.26. The molecule has 1 atom stereocenters. The first-order chi connectivity index (χ1) is 7.75. The van der Waals surface area contributed by atoms with E-state index in [1.165, 1.54) is 10.4 Å². The molecule has 0 aliphatic heterocycles. The number of carbonyl (C=O) groups excluding carboxylic acids is 1. The molecule has 2 heterocycles. The SMILES string of the molecule is O=C(Cl)C1CCc2c(sc3ncncc23)C1. The zero-order valence-corrected chi connectivity index (χ0v) is 10.0. The Morgan fingerprint density at radius 2 is 2.44 bits per heavy atom. The van der Waals surface area contributed by atoms with Crippen molar-refractivity contribution in [2.75, 3.05) is 0 Å². The minimum Gasteiger partial charge on any atom is -0.281 e. The van der Waals surface area contributed by atoms with Gasteiger partial charge in [0, 0.05) is 22.4 Å². The fraction of sp³-hybridized carbons (Fsp3) is 0.364. The van der Waals surface area contributed by atoms with E-state index in [2.05, 4.69) is 9.97 Å². The van der Waals surface area contributed by atoms with Gasteiger partial charge in [-0.1, -0.05) is 0 Å². The van der Waals surface area contributed by atoms with Gasteiger partial charge in [-0.2, -0.15) is 0 Å². The third-order valence-electron chi connectivity index (χ3n) is 3.05. The van der Waals surface area contributed by atoms with Gasteiger partial charge in [-0.05, 0) is 36.4 Å². The summed E-state index contributed by atoms with van der Waals surface area (Å²) in [6.07, 6.45) is 5.94. The van der Waals surface area contributed by atoms with Crippen molar-refractivity contribution in [3.05, 3.63) is 23.0 Å². The molecule has 0 spiro atoms. The molecule has 1 aliphatic rings. The first-order valence-electron chi connectivity index (χ1n) is 5.15. The quantitative estimate of drug-likeness (QED) is 0.733. The molecule has 82 valence electrons. The summed E-state index contributed by atoms with van der Waals surface area (Å²) in [4.78, 5) is 21.7. The van der Waals surface area contributed by atoms with Crippen molar-refractivity contribution < 1.29 is 4.79 Å². The van der Waals surface area contributed by atoms with Crippen molar-refractivity contribution in [1.82, 2.24) is 9.97 Å². The molecule has 2 aromatic rings. The van der Waals surface area contributed by atoms with Crippen molar-refractivity contribution in [3.8, 4) is 0 Å². The smallest absolute Gasteiger partial charge is 0.225 e. The van der Waals surface area contributed by atoms with E-state index < -0.39 is 0 Å². The molecule has 16 heavy (non-hydrogen) atoms. The van der Waals surface area contributed by atoms with Crippen molar-refractivity contribution >= 4 is 38.4 Å². The average molecular weight is 253 g/mol. The van der Waals surface area contributed by atoms with E-state index in [9.17, 15) is 4.79 Å². The van der Waals surface area contributed by atoms with E-state index in [1.807, 2.05) is 6.20 Å². The van der Waals surface area contributed by atoms with E-state index in [-0.39, 0.29) is 11.2 Å². The van der Waals surface area contributed by atoms with Crippen LogP contribution in [-0.4, -0.2) is 15.2 Å². The first kappa shape index (κ1) is 10.2. The van der Waals surface area contributed by atoms with Gasteiger partial charge in [0.2, 0.25) is 5.24 Å². The third kappa shape index (κ3) is 1.53. The third-order valence-corrected chi connectivity index (χ3v) is 4.54. The highest BCUT2D eigenvalue weighted by Crippen LogP contribution is 2.37. The van der Waals surface area contributed by atoms with Gasteiger partial charge >= 0.3 is 0 Å². The number of nitrogens with zero attached hydrogens (tertiary/aromatic N) is 2. The molecule has 0 fully saturated rings. The van der Waals surface area contributed by atoms with Crippen molar-refractivity contribution in [2.45, 2.75) is 19.3 Å². The maximum absolute atomic E-state index is 11.2. The van der Waals surface area contributed by atoms with Crippen LogP contribution in [-0.2, 0) is 17.6 Å². The van der Waals surface area contributed by atoms with Gasteiger partial charge in [-0.15, -0.1) is 11.3 Å². The lowest BCUT2D eigenvalue weighted by Gasteiger charge is -2.18. The van der Waals surface area contributed by atoms with Gasteiger partial charge in [-0.3, -0.25) is 4.79 Å². The van der Waals surface area contributed by atoms with Gasteiger partial charge in [0.05, 0.1) is 0 Å². The highest BCUT2D eigenvalue weighted by atomic mass is 35.5. The maximum Gasteiger partial charge on any atom is 0.225 e. The fourth-order valence-corrected chi connectivity index (χ4v) is 3.64. The van der Waals surface area contributed by atoms with Crippen LogP contribution in [0.25, 0.3) is 10.2 Å². The normalized spacial score (nSPS) is 19.7. The summed E-state index contributed by atoms with van der Waals surface area (Å²) < 4.78 is 0. The van der Waals surface area contributed by atoms with E-state index in [4.69, 9.17) is 11.6 Å². The summed E-state index contributed by atoms with van der Waals surface area (Å²) in [6.45, 7) is 0. The summed E-state index contributed by atoms with van der Waals surface area (Å²) in [5.41, 5.74) is 1.31. The topological polar surface area (TPSA) is 42.9 Å². The maximum atomic E-state index is 11.2. The second-order valence-electron chi connectivity index (χ2n) is 3.99.